The number of hydrogen-bond donors (Lipinski definition) is 0. The van der Waals surface area contributed by atoms with E-state index in [0.29, 0.717) is 11.8 Å². The third kappa shape index (κ3) is 4.53. The van der Waals surface area contributed by atoms with E-state index in [-0.39, 0.29) is 0 Å². The zero-order valence-corrected chi connectivity index (χ0v) is 12.2. The highest BCUT2D eigenvalue weighted by Gasteiger charge is 2.07. The van der Waals surface area contributed by atoms with Gasteiger partial charge in [0.25, 0.3) is 0 Å². The van der Waals surface area contributed by atoms with Gasteiger partial charge in [0, 0.05) is 0 Å². The topological polar surface area (TPSA) is 0 Å². The number of hydrogen-bond acceptors (Lipinski definition) is 0. The first-order valence-electron chi connectivity index (χ1n) is 7.18. The minimum absolute atomic E-state index is 0.638. The van der Waals surface area contributed by atoms with E-state index in [1.807, 2.05) is 0 Å². The fourth-order valence-corrected chi connectivity index (χ4v) is 2.14. The summed E-state index contributed by atoms with van der Waals surface area (Å²) in [7, 11) is 0. The fourth-order valence-electron chi connectivity index (χ4n) is 2.14. The lowest BCUT2D eigenvalue weighted by atomic mass is 9.91. The summed E-state index contributed by atoms with van der Waals surface area (Å²) in [4.78, 5) is 0. The third-order valence-corrected chi connectivity index (χ3v) is 3.44. The maximum atomic E-state index is 2.41. The molecule has 1 aromatic rings. The van der Waals surface area contributed by atoms with Crippen LogP contribution in [0.25, 0.3) is 0 Å². The van der Waals surface area contributed by atoms with Crippen LogP contribution in [-0.4, -0.2) is 0 Å². The van der Waals surface area contributed by atoms with E-state index < -0.39 is 0 Å². The van der Waals surface area contributed by atoms with Crippen molar-refractivity contribution in [2.75, 3.05) is 0 Å². The molecule has 17 heavy (non-hydrogen) atoms. The van der Waals surface area contributed by atoms with Crippen molar-refractivity contribution in [3.8, 4) is 0 Å². The van der Waals surface area contributed by atoms with Gasteiger partial charge in [-0.2, -0.15) is 0 Å². The van der Waals surface area contributed by atoms with Crippen LogP contribution in [0.2, 0.25) is 0 Å². The van der Waals surface area contributed by atoms with Gasteiger partial charge in [-0.15, -0.1) is 0 Å². The molecule has 0 saturated heterocycles. The van der Waals surface area contributed by atoms with E-state index in [0.717, 1.165) is 0 Å². The van der Waals surface area contributed by atoms with Gasteiger partial charge in [-0.3, -0.25) is 0 Å². The predicted octanol–water partition coefficient (Wildman–Crippen LogP) is 5.67. The molecule has 0 radical (unpaired) electrons. The van der Waals surface area contributed by atoms with Crippen LogP contribution in [0.3, 0.4) is 0 Å². The lowest BCUT2D eigenvalue weighted by Crippen LogP contribution is -1.97. The van der Waals surface area contributed by atoms with Gasteiger partial charge in [0.2, 0.25) is 0 Å². The monoisotopic (exact) mass is 232 g/mol. The van der Waals surface area contributed by atoms with Crippen LogP contribution in [0.1, 0.15) is 82.4 Å². The Bertz CT molecular complexity index is 308. The Labute approximate surface area is 107 Å². The van der Waals surface area contributed by atoms with Crippen LogP contribution in [0.4, 0.5) is 0 Å². The van der Waals surface area contributed by atoms with Gasteiger partial charge in [-0.05, 0) is 41.4 Å². The van der Waals surface area contributed by atoms with Gasteiger partial charge in [0.05, 0.1) is 0 Å². The van der Waals surface area contributed by atoms with E-state index >= 15 is 0 Å². The predicted molar refractivity (Wildman–Crippen MR) is 77.8 cm³/mol. The van der Waals surface area contributed by atoms with Crippen LogP contribution >= 0.6 is 0 Å². The second-order valence-electron chi connectivity index (χ2n) is 5.77. The largest absolute Gasteiger partial charge is 0.0654 e. The SMILES string of the molecule is CCCCCc1cc(C(C)C)cc(C(C)C)c1. The molecule has 0 amide bonds. The molecule has 0 unspecified atom stereocenters. The minimum atomic E-state index is 0.638. The highest BCUT2D eigenvalue weighted by Crippen LogP contribution is 2.24. The van der Waals surface area contributed by atoms with Gasteiger partial charge < -0.3 is 0 Å². The summed E-state index contributed by atoms with van der Waals surface area (Å²) in [6, 6.07) is 7.21. The molecule has 0 atom stereocenters. The summed E-state index contributed by atoms with van der Waals surface area (Å²) in [5.74, 6) is 1.28. The third-order valence-electron chi connectivity index (χ3n) is 3.44. The summed E-state index contributed by atoms with van der Waals surface area (Å²) in [5, 5.41) is 0. The van der Waals surface area contributed by atoms with Crippen molar-refractivity contribution in [3.05, 3.63) is 34.9 Å². The maximum Gasteiger partial charge on any atom is -0.0219 e. The van der Waals surface area contributed by atoms with Crippen LogP contribution in [0.5, 0.6) is 0 Å². The first kappa shape index (κ1) is 14.3. The zero-order valence-electron chi connectivity index (χ0n) is 12.2. The molecule has 0 heteroatoms. The van der Waals surface area contributed by atoms with Crippen LogP contribution in [0.15, 0.2) is 18.2 Å². The van der Waals surface area contributed by atoms with Crippen molar-refractivity contribution < 1.29 is 0 Å². The molecule has 0 fully saturated rings. The molecule has 0 aliphatic heterocycles. The Balaban J connectivity index is 2.88. The normalized spacial score (nSPS) is 11.5. The molecule has 0 aliphatic carbocycles. The summed E-state index contributed by atoms with van der Waals surface area (Å²) >= 11 is 0. The highest BCUT2D eigenvalue weighted by molar-refractivity contribution is 5.33. The first-order valence-corrected chi connectivity index (χ1v) is 7.18. The molecule has 0 bridgehead atoms. The smallest absolute Gasteiger partial charge is 0.0219 e. The van der Waals surface area contributed by atoms with Gasteiger partial charge in [0.15, 0.2) is 0 Å². The molecule has 0 spiro atoms. The van der Waals surface area contributed by atoms with Gasteiger partial charge in [-0.25, -0.2) is 0 Å². The standard InChI is InChI=1S/C17H28/c1-6-7-8-9-15-10-16(13(2)3)12-17(11-15)14(4)5/h10-14H,6-9H2,1-5H3. The van der Waals surface area contributed by atoms with E-state index in [4.69, 9.17) is 0 Å². The van der Waals surface area contributed by atoms with Crippen molar-refractivity contribution in [2.24, 2.45) is 0 Å². The van der Waals surface area contributed by atoms with Crippen molar-refractivity contribution in [2.45, 2.75) is 72.1 Å². The highest BCUT2D eigenvalue weighted by atomic mass is 14.1. The Kier molecular flexibility index (Phi) is 5.74. The Morgan fingerprint density at radius 1 is 0.824 bits per heavy atom. The lowest BCUT2D eigenvalue weighted by molar-refractivity contribution is 0.714. The van der Waals surface area contributed by atoms with Crippen molar-refractivity contribution >= 4 is 0 Å². The average molecular weight is 232 g/mol. The first-order chi connectivity index (χ1) is 8.04. The molecular formula is C17H28. The van der Waals surface area contributed by atoms with Crippen molar-refractivity contribution in [1.82, 2.24) is 0 Å². The van der Waals surface area contributed by atoms with Crippen LogP contribution in [0, 0.1) is 0 Å². The molecule has 1 aromatic carbocycles. The number of rotatable bonds is 6. The maximum absolute atomic E-state index is 2.41. The number of unbranched alkanes of at least 4 members (excludes halogenated alkanes) is 2. The Morgan fingerprint density at radius 2 is 1.35 bits per heavy atom. The van der Waals surface area contributed by atoms with E-state index in [1.165, 1.54) is 42.4 Å². The minimum Gasteiger partial charge on any atom is -0.0654 e. The Hall–Kier alpha value is -0.780. The summed E-state index contributed by atoms with van der Waals surface area (Å²) in [5.41, 5.74) is 4.54. The summed E-state index contributed by atoms with van der Waals surface area (Å²) in [6.07, 6.45) is 5.23. The molecule has 0 saturated carbocycles. The number of aryl methyl sites for hydroxylation is 1. The molecule has 0 heterocycles. The van der Waals surface area contributed by atoms with E-state index in [9.17, 15) is 0 Å². The van der Waals surface area contributed by atoms with Gasteiger partial charge >= 0.3 is 0 Å². The summed E-state index contributed by atoms with van der Waals surface area (Å²) < 4.78 is 0. The Morgan fingerprint density at radius 3 is 1.76 bits per heavy atom. The van der Waals surface area contributed by atoms with Crippen molar-refractivity contribution in [3.63, 3.8) is 0 Å². The van der Waals surface area contributed by atoms with E-state index in [2.05, 4.69) is 52.8 Å². The second-order valence-corrected chi connectivity index (χ2v) is 5.77. The molecule has 96 valence electrons. The molecule has 0 nitrogen and oxygen atoms in total. The quantitative estimate of drug-likeness (QED) is 0.555. The zero-order chi connectivity index (χ0) is 12.8. The van der Waals surface area contributed by atoms with Crippen LogP contribution < -0.4 is 0 Å². The molecule has 0 aliphatic rings. The number of benzene rings is 1. The molecule has 0 aromatic heterocycles. The van der Waals surface area contributed by atoms with Gasteiger partial charge in [-0.1, -0.05) is 65.7 Å². The fraction of sp³-hybridized carbons (Fsp3) is 0.647. The van der Waals surface area contributed by atoms with Crippen LogP contribution in [-0.2, 0) is 6.42 Å². The molecule has 1 rings (SSSR count). The molecular weight excluding hydrogens is 204 g/mol. The van der Waals surface area contributed by atoms with Gasteiger partial charge in [0.1, 0.15) is 0 Å². The van der Waals surface area contributed by atoms with Crippen molar-refractivity contribution in [1.29, 1.82) is 0 Å². The second kappa shape index (κ2) is 6.83. The average Bonchev–Trinajstić information content (AvgIpc) is 2.29. The molecule has 0 N–H and O–H groups in total. The van der Waals surface area contributed by atoms with E-state index in [1.54, 1.807) is 0 Å². The lowest BCUT2D eigenvalue weighted by Gasteiger charge is -2.14. The summed E-state index contributed by atoms with van der Waals surface area (Å²) in [6.45, 7) is 11.4.